The molecule has 1 aromatic heterocycles. The Kier molecular flexibility index (Phi) is 5.26. The third kappa shape index (κ3) is 4.20. The number of hydrogen-bond acceptors (Lipinski definition) is 3. The predicted molar refractivity (Wildman–Crippen MR) is 110 cm³/mol. The average molecular weight is 405 g/mol. The van der Waals surface area contributed by atoms with Gasteiger partial charge in [-0.15, -0.1) is 0 Å². The Hall–Kier alpha value is -4.00. The van der Waals surface area contributed by atoms with Gasteiger partial charge in [-0.1, -0.05) is 0 Å². The Labute approximate surface area is 171 Å². The number of carboxylic acid groups (broad SMARTS) is 1. The van der Waals surface area contributed by atoms with E-state index in [1.54, 1.807) is 41.1 Å². The van der Waals surface area contributed by atoms with Gasteiger partial charge >= 0.3 is 5.97 Å². The number of hydrogen-bond donors (Lipinski definition) is 2. The highest BCUT2D eigenvalue weighted by Gasteiger charge is 2.13. The van der Waals surface area contributed by atoms with Crippen LogP contribution in [0.5, 0.6) is 0 Å². The summed E-state index contributed by atoms with van der Waals surface area (Å²) in [6, 6.07) is 18.4. The maximum absolute atomic E-state index is 13.4. The highest BCUT2D eigenvalue weighted by Crippen LogP contribution is 2.25. The number of aromatic nitrogens is 2. The van der Waals surface area contributed by atoms with Crippen LogP contribution in [0.1, 0.15) is 15.9 Å². The Morgan fingerprint density at radius 1 is 0.900 bits per heavy atom. The van der Waals surface area contributed by atoms with Crippen LogP contribution in [0.25, 0.3) is 16.9 Å². The lowest BCUT2D eigenvalue weighted by Crippen LogP contribution is -2.00. The highest BCUT2D eigenvalue weighted by atomic mass is 19.1. The lowest BCUT2D eigenvalue weighted by atomic mass is 10.1. The van der Waals surface area contributed by atoms with E-state index in [0.29, 0.717) is 17.9 Å². The Bertz CT molecular complexity index is 1170. The van der Waals surface area contributed by atoms with E-state index in [4.69, 9.17) is 5.11 Å². The zero-order valence-corrected chi connectivity index (χ0v) is 15.7. The number of benzene rings is 3. The second-order valence-electron chi connectivity index (χ2n) is 6.67. The van der Waals surface area contributed by atoms with Gasteiger partial charge in [-0.05, 0) is 72.8 Å². The summed E-state index contributed by atoms with van der Waals surface area (Å²) in [5.41, 5.74) is 3.87. The van der Waals surface area contributed by atoms with Gasteiger partial charge in [0.25, 0.3) is 0 Å². The number of halogens is 2. The Morgan fingerprint density at radius 2 is 1.50 bits per heavy atom. The van der Waals surface area contributed by atoms with Crippen molar-refractivity contribution in [1.82, 2.24) is 9.78 Å². The molecule has 0 aliphatic carbocycles. The van der Waals surface area contributed by atoms with E-state index in [0.717, 1.165) is 16.8 Å². The Balaban J connectivity index is 1.68. The Morgan fingerprint density at radius 3 is 2.10 bits per heavy atom. The van der Waals surface area contributed by atoms with Crippen molar-refractivity contribution in [2.24, 2.45) is 0 Å². The van der Waals surface area contributed by atoms with Crippen molar-refractivity contribution >= 4 is 11.7 Å². The maximum Gasteiger partial charge on any atom is 0.335 e. The van der Waals surface area contributed by atoms with Crippen molar-refractivity contribution in [3.8, 4) is 16.9 Å². The van der Waals surface area contributed by atoms with Crippen LogP contribution in [0, 0.1) is 11.6 Å². The summed E-state index contributed by atoms with van der Waals surface area (Å²) in [6.45, 7) is 0.408. The number of nitrogens with one attached hydrogen (secondary N) is 1. The summed E-state index contributed by atoms with van der Waals surface area (Å²) in [5.74, 6) is -1.66. The number of carbonyl (C=O) groups is 1. The summed E-state index contributed by atoms with van der Waals surface area (Å²) in [7, 11) is 0. The van der Waals surface area contributed by atoms with Crippen LogP contribution in [-0.4, -0.2) is 20.9 Å². The fourth-order valence-electron chi connectivity index (χ4n) is 3.04. The first-order valence-electron chi connectivity index (χ1n) is 9.17. The minimum Gasteiger partial charge on any atom is -0.478 e. The van der Waals surface area contributed by atoms with Gasteiger partial charge in [0, 0.05) is 29.6 Å². The number of nitrogens with zero attached hydrogens (tertiary/aromatic N) is 2. The first-order valence-corrected chi connectivity index (χ1v) is 9.17. The van der Waals surface area contributed by atoms with Crippen LogP contribution in [-0.2, 0) is 6.54 Å². The van der Waals surface area contributed by atoms with Crippen molar-refractivity contribution in [1.29, 1.82) is 0 Å². The second-order valence-corrected chi connectivity index (χ2v) is 6.67. The number of carboxylic acids is 1. The molecule has 30 heavy (non-hydrogen) atoms. The second kappa shape index (κ2) is 8.16. The maximum atomic E-state index is 13.4. The summed E-state index contributed by atoms with van der Waals surface area (Å²) in [5, 5.41) is 16.9. The molecule has 150 valence electrons. The van der Waals surface area contributed by atoms with Gasteiger partial charge in [0.15, 0.2) is 0 Å². The molecule has 3 aromatic carbocycles. The van der Waals surface area contributed by atoms with Gasteiger partial charge < -0.3 is 10.4 Å². The van der Waals surface area contributed by atoms with E-state index in [-0.39, 0.29) is 17.2 Å². The molecule has 0 fully saturated rings. The SMILES string of the molecule is O=C(O)c1ccc(-n2cc(CNc3ccc(F)cc3)c(-c3ccc(F)cc3)n2)cc1. The van der Waals surface area contributed by atoms with Gasteiger partial charge in [-0.3, -0.25) is 0 Å². The third-order valence-corrected chi connectivity index (χ3v) is 4.61. The zero-order chi connectivity index (χ0) is 21.1. The quantitative estimate of drug-likeness (QED) is 0.467. The van der Waals surface area contributed by atoms with Gasteiger partial charge in [-0.2, -0.15) is 5.10 Å². The largest absolute Gasteiger partial charge is 0.478 e. The zero-order valence-electron chi connectivity index (χ0n) is 15.7. The van der Waals surface area contributed by atoms with Crippen molar-refractivity contribution < 1.29 is 18.7 Å². The summed E-state index contributed by atoms with van der Waals surface area (Å²) in [4.78, 5) is 11.1. The van der Waals surface area contributed by atoms with Crippen molar-refractivity contribution in [2.75, 3.05) is 5.32 Å². The molecule has 0 spiro atoms. The molecule has 2 N–H and O–H groups in total. The molecular weight excluding hydrogens is 388 g/mol. The number of anilines is 1. The fourth-order valence-corrected chi connectivity index (χ4v) is 3.04. The first kappa shape index (κ1) is 19.3. The molecule has 0 aliphatic rings. The molecule has 0 radical (unpaired) electrons. The molecule has 5 nitrogen and oxygen atoms in total. The molecule has 1 heterocycles. The average Bonchev–Trinajstić information content (AvgIpc) is 3.18. The minimum atomic E-state index is -1.00. The van der Waals surface area contributed by atoms with Crippen LogP contribution < -0.4 is 5.32 Å². The van der Waals surface area contributed by atoms with Gasteiger partial charge in [-0.25, -0.2) is 18.3 Å². The smallest absolute Gasteiger partial charge is 0.335 e. The summed E-state index contributed by atoms with van der Waals surface area (Å²) >= 11 is 0. The minimum absolute atomic E-state index is 0.183. The van der Waals surface area contributed by atoms with E-state index in [9.17, 15) is 13.6 Å². The predicted octanol–water partition coefficient (Wildman–Crippen LogP) is 5.13. The highest BCUT2D eigenvalue weighted by molar-refractivity contribution is 5.87. The monoisotopic (exact) mass is 405 g/mol. The van der Waals surface area contributed by atoms with Crippen LogP contribution in [0.15, 0.2) is 79.0 Å². The van der Waals surface area contributed by atoms with Crippen molar-refractivity contribution in [3.63, 3.8) is 0 Å². The van der Waals surface area contributed by atoms with Crippen LogP contribution in [0.2, 0.25) is 0 Å². The van der Waals surface area contributed by atoms with E-state index >= 15 is 0 Å². The van der Waals surface area contributed by atoms with Crippen LogP contribution >= 0.6 is 0 Å². The topological polar surface area (TPSA) is 67.2 Å². The van der Waals surface area contributed by atoms with Crippen LogP contribution in [0.4, 0.5) is 14.5 Å². The van der Waals surface area contributed by atoms with E-state index < -0.39 is 5.97 Å². The number of aromatic carboxylic acids is 1. The van der Waals surface area contributed by atoms with Gasteiger partial charge in [0.1, 0.15) is 11.6 Å². The molecule has 7 heteroatoms. The molecule has 0 unspecified atom stereocenters. The molecule has 0 aliphatic heterocycles. The molecule has 4 aromatic rings. The molecular formula is C23H17F2N3O2. The normalized spacial score (nSPS) is 10.7. The molecule has 0 amide bonds. The fraction of sp³-hybridized carbons (Fsp3) is 0.0435. The lowest BCUT2D eigenvalue weighted by molar-refractivity contribution is 0.0697. The lowest BCUT2D eigenvalue weighted by Gasteiger charge is -2.06. The molecule has 0 saturated heterocycles. The van der Waals surface area contributed by atoms with Gasteiger partial charge in [0.05, 0.1) is 16.9 Å². The third-order valence-electron chi connectivity index (χ3n) is 4.61. The molecule has 4 rings (SSSR count). The molecule has 0 atom stereocenters. The van der Waals surface area contributed by atoms with Crippen molar-refractivity contribution in [2.45, 2.75) is 6.54 Å². The van der Waals surface area contributed by atoms with E-state index in [1.165, 1.54) is 36.4 Å². The molecule has 0 saturated carbocycles. The van der Waals surface area contributed by atoms with Gasteiger partial charge in [0.2, 0.25) is 0 Å². The van der Waals surface area contributed by atoms with E-state index in [1.807, 2.05) is 6.20 Å². The number of rotatable bonds is 6. The van der Waals surface area contributed by atoms with Crippen molar-refractivity contribution in [3.05, 3.63) is 102 Å². The first-order chi connectivity index (χ1) is 14.5. The molecule has 0 bridgehead atoms. The van der Waals surface area contributed by atoms with E-state index in [2.05, 4.69) is 10.4 Å². The summed E-state index contributed by atoms with van der Waals surface area (Å²) < 4.78 is 28.1. The van der Waals surface area contributed by atoms with Crippen LogP contribution in [0.3, 0.4) is 0 Å². The standard InChI is InChI=1S/C23H17F2N3O2/c24-18-5-1-15(2-6-18)22-17(13-26-20-9-7-19(25)8-10-20)14-28(27-22)21-11-3-16(4-12-21)23(29)30/h1-12,14,26H,13H2,(H,29,30). The summed E-state index contributed by atoms with van der Waals surface area (Å²) in [6.07, 6.45) is 1.82.